The number of anilines is 1. The molecule has 0 saturated heterocycles. The molecule has 1 aromatic heterocycles. The number of hydrogen-bond acceptors (Lipinski definition) is 3. The third kappa shape index (κ3) is 3.00. The van der Waals surface area contributed by atoms with Gasteiger partial charge in [-0.15, -0.1) is 0 Å². The largest absolute Gasteiger partial charge is 0.384 e. The number of carbonyl (C=O) groups is 1. The molecule has 3 N–H and O–H groups in total. The van der Waals surface area contributed by atoms with Crippen LogP contribution in [0.3, 0.4) is 0 Å². The molecule has 1 fully saturated rings. The number of nitrogens with zero attached hydrogens (tertiary/aromatic N) is 1. The zero-order valence-electron chi connectivity index (χ0n) is 10.9. The van der Waals surface area contributed by atoms with Gasteiger partial charge in [-0.3, -0.25) is 4.79 Å². The van der Waals surface area contributed by atoms with Crippen LogP contribution in [0.2, 0.25) is 0 Å². The number of carbonyl (C=O) groups excluding carboxylic acids is 1. The summed E-state index contributed by atoms with van der Waals surface area (Å²) in [5.41, 5.74) is 6.19. The number of nitrogen functional groups attached to an aromatic ring is 1. The highest BCUT2D eigenvalue weighted by Gasteiger charge is 2.25. The molecule has 0 aliphatic heterocycles. The molecule has 4 heteroatoms. The molecular formula is C14H21N3O. The number of pyridine rings is 1. The van der Waals surface area contributed by atoms with E-state index in [1.807, 2.05) is 0 Å². The molecule has 0 spiro atoms. The molecule has 98 valence electrons. The fourth-order valence-electron chi connectivity index (χ4n) is 2.73. The Bertz CT molecular complexity index is 419. The normalized spacial score (nSPS) is 23.6. The van der Waals surface area contributed by atoms with E-state index in [0.717, 1.165) is 12.8 Å². The maximum Gasteiger partial charge on any atom is 0.251 e. The second-order valence-corrected chi connectivity index (χ2v) is 5.00. The van der Waals surface area contributed by atoms with Crippen LogP contribution in [-0.2, 0) is 0 Å². The smallest absolute Gasteiger partial charge is 0.251 e. The van der Waals surface area contributed by atoms with Crippen molar-refractivity contribution in [1.29, 1.82) is 0 Å². The van der Waals surface area contributed by atoms with Crippen LogP contribution in [0.15, 0.2) is 18.3 Å². The number of amides is 1. The molecule has 1 amide bonds. The lowest BCUT2D eigenvalue weighted by Gasteiger charge is -2.31. The van der Waals surface area contributed by atoms with Crippen LogP contribution in [0.5, 0.6) is 0 Å². The average Bonchev–Trinajstić information content (AvgIpc) is 2.39. The first kappa shape index (κ1) is 12.9. The van der Waals surface area contributed by atoms with Crippen LogP contribution in [0.25, 0.3) is 0 Å². The summed E-state index contributed by atoms with van der Waals surface area (Å²) >= 11 is 0. The van der Waals surface area contributed by atoms with Crippen molar-refractivity contribution >= 4 is 11.7 Å². The van der Waals surface area contributed by atoms with Crippen LogP contribution in [0.1, 0.15) is 49.4 Å². The van der Waals surface area contributed by atoms with E-state index in [4.69, 9.17) is 5.73 Å². The Kier molecular flexibility index (Phi) is 4.18. The molecule has 1 heterocycles. The van der Waals surface area contributed by atoms with Gasteiger partial charge in [0.25, 0.3) is 5.91 Å². The van der Waals surface area contributed by atoms with Gasteiger partial charge in [-0.05, 0) is 30.9 Å². The number of aromatic nitrogens is 1. The van der Waals surface area contributed by atoms with Crippen LogP contribution in [0, 0.1) is 5.92 Å². The van der Waals surface area contributed by atoms with Gasteiger partial charge < -0.3 is 11.1 Å². The predicted octanol–water partition coefficient (Wildman–Crippen LogP) is 2.36. The maximum atomic E-state index is 12.1. The van der Waals surface area contributed by atoms with E-state index in [0.29, 0.717) is 23.3 Å². The van der Waals surface area contributed by atoms with Crippen molar-refractivity contribution in [2.24, 2.45) is 5.92 Å². The summed E-state index contributed by atoms with van der Waals surface area (Å²) in [6.45, 7) is 2.19. The molecule has 1 aliphatic carbocycles. The van der Waals surface area contributed by atoms with E-state index in [2.05, 4.69) is 17.2 Å². The summed E-state index contributed by atoms with van der Waals surface area (Å²) in [6, 6.07) is 3.64. The van der Waals surface area contributed by atoms with Gasteiger partial charge in [0.05, 0.1) is 0 Å². The van der Waals surface area contributed by atoms with E-state index < -0.39 is 0 Å². The van der Waals surface area contributed by atoms with Crippen molar-refractivity contribution in [3.63, 3.8) is 0 Å². The van der Waals surface area contributed by atoms with E-state index in [1.54, 1.807) is 18.3 Å². The van der Waals surface area contributed by atoms with Gasteiger partial charge in [-0.25, -0.2) is 4.98 Å². The third-order valence-electron chi connectivity index (χ3n) is 3.79. The van der Waals surface area contributed by atoms with Gasteiger partial charge in [0.15, 0.2) is 0 Å². The first-order valence-corrected chi connectivity index (χ1v) is 6.73. The number of nitrogens with one attached hydrogen (secondary N) is 1. The summed E-state index contributed by atoms with van der Waals surface area (Å²) in [4.78, 5) is 16.0. The molecule has 0 bridgehead atoms. The number of rotatable bonds is 3. The highest BCUT2D eigenvalue weighted by atomic mass is 16.1. The Balaban J connectivity index is 2.02. The second kappa shape index (κ2) is 5.85. The monoisotopic (exact) mass is 247 g/mol. The lowest BCUT2D eigenvalue weighted by Crippen LogP contribution is -2.41. The van der Waals surface area contributed by atoms with Gasteiger partial charge in [0.1, 0.15) is 5.82 Å². The third-order valence-corrected chi connectivity index (χ3v) is 3.79. The second-order valence-electron chi connectivity index (χ2n) is 5.00. The fourth-order valence-corrected chi connectivity index (χ4v) is 2.73. The quantitative estimate of drug-likeness (QED) is 0.861. The van der Waals surface area contributed by atoms with Crippen LogP contribution in [-0.4, -0.2) is 16.9 Å². The average molecular weight is 247 g/mol. The van der Waals surface area contributed by atoms with Gasteiger partial charge >= 0.3 is 0 Å². The topological polar surface area (TPSA) is 68.0 Å². The minimum Gasteiger partial charge on any atom is -0.384 e. The summed E-state index contributed by atoms with van der Waals surface area (Å²) in [7, 11) is 0. The molecule has 0 radical (unpaired) electrons. The number of nitrogens with two attached hydrogens (primary N) is 1. The molecule has 2 unspecified atom stereocenters. The van der Waals surface area contributed by atoms with Gasteiger partial charge in [0.2, 0.25) is 0 Å². The summed E-state index contributed by atoms with van der Waals surface area (Å²) in [6.07, 6.45) is 7.50. The fraction of sp³-hybridized carbons (Fsp3) is 0.571. The molecule has 1 saturated carbocycles. The molecule has 0 aromatic carbocycles. The summed E-state index contributed by atoms with van der Waals surface area (Å²) in [5, 5.41) is 3.14. The molecule has 1 aromatic rings. The zero-order valence-corrected chi connectivity index (χ0v) is 10.9. The van der Waals surface area contributed by atoms with E-state index in [1.165, 1.54) is 19.3 Å². The highest BCUT2D eigenvalue weighted by molar-refractivity contribution is 5.94. The summed E-state index contributed by atoms with van der Waals surface area (Å²) < 4.78 is 0. The molecule has 1 aliphatic rings. The van der Waals surface area contributed by atoms with E-state index >= 15 is 0 Å². The van der Waals surface area contributed by atoms with Crippen LogP contribution < -0.4 is 11.1 Å². The lowest BCUT2D eigenvalue weighted by molar-refractivity contribution is 0.0904. The standard InChI is InChI=1S/C14H21N3O/c1-2-10-5-3-4-6-12(10)17-14(18)11-7-8-16-13(15)9-11/h7-10,12H,2-6H2,1H3,(H2,15,16)(H,17,18). The van der Waals surface area contributed by atoms with Crippen molar-refractivity contribution in [1.82, 2.24) is 10.3 Å². The Morgan fingerprint density at radius 3 is 3.00 bits per heavy atom. The van der Waals surface area contributed by atoms with Gasteiger partial charge in [-0.2, -0.15) is 0 Å². The van der Waals surface area contributed by atoms with E-state index in [-0.39, 0.29) is 5.91 Å². The van der Waals surface area contributed by atoms with Crippen molar-refractivity contribution in [3.8, 4) is 0 Å². The molecule has 2 rings (SSSR count). The van der Waals surface area contributed by atoms with Crippen LogP contribution >= 0.6 is 0 Å². The highest BCUT2D eigenvalue weighted by Crippen LogP contribution is 2.27. The number of hydrogen-bond donors (Lipinski definition) is 2. The first-order valence-electron chi connectivity index (χ1n) is 6.73. The molecular weight excluding hydrogens is 226 g/mol. The SMILES string of the molecule is CCC1CCCCC1NC(=O)c1ccnc(N)c1. The Morgan fingerprint density at radius 2 is 2.28 bits per heavy atom. The molecule has 2 atom stereocenters. The minimum atomic E-state index is -0.0329. The Hall–Kier alpha value is -1.58. The Labute approximate surface area is 108 Å². The zero-order chi connectivity index (χ0) is 13.0. The Morgan fingerprint density at radius 1 is 1.50 bits per heavy atom. The summed E-state index contributed by atoms with van der Waals surface area (Å²) in [5.74, 6) is 0.967. The first-order chi connectivity index (χ1) is 8.70. The van der Waals surface area contributed by atoms with Crippen molar-refractivity contribution < 1.29 is 4.79 Å². The van der Waals surface area contributed by atoms with Crippen molar-refractivity contribution in [2.75, 3.05) is 5.73 Å². The van der Waals surface area contributed by atoms with E-state index in [9.17, 15) is 4.79 Å². The minimum absolute atomic E-state index is 0.0329. The van der Waals surface area contributed by atoms with Crippen LogP contribution in [0.4, 0.5) is 5.82 Å². The van der Waals surface area contributed by atoms with Crippen molar-refractivity contribution in [2.45, 2.75) is 45.1 Å². The van der Waals surface area contributed by atoms with Gasteiger partial charge in [0, 0.05) is 17.8 Å². The predicted molar refractivity (Wildman–Crippen MR) is 72.2 cm³/mol. The molecule has 18 heavy (non-hydrogen) atoms. The van der Waals surface area contributed by atoms with Gasteiger partial charge in [-0.1, -0.05) is 26.2 Å². The van der Waals surface area contributed by atoms with Crippen molar-refractivity contribution in [3.05, 3.63) is 23.9 Å². The lowest BCUT2D eigenvalue weighted by atomic mass is 9.83. The molecule has 4 nitrogen and oxygen atoms in total. The maximum absolute atomic E-state index is 12.1.